The van der Waals surface area contributed by atoms with Gasteiger partial charge in [-0.2, -0.15) is 0 Å². The van der Waals surface area contributed by atoms with Gasteiger partial charge in [0.2, 0.25) is 0 Å². The molecule has 0 rings (SSSR count). The van der Waals surface area contributed by atoms with Gasteiger partial charge in [-0.1, -0.05) is 0 Å². The molecule has 0 aromatic rings. The number of hydrogen-bond acceptors (Lipinski definition) is 2. The quantitative estimate of drug-likeness (QED) is 0.263. The van der Waals surface area contributed by atoms with E-state index in [4.69, 9.17) is 10.6 Å². The van der Waals surface area contributed by atoms with Gasteiger partial charge in [-0.05, 0) is 12.2 Å². The van der Waals surface area contributed by atoms with E-state index in [2.05, 4.69) is 38.8 Å². The van der Waals surface area contributed by atoms with Crippen LogP contribution >= 0.6 is 12.2 Å². The molecule has 0 amide bonds. The van der Waals surface area contributed by atoms with E-state index >= 15 is 0 Å². The molecule has 3 N–H and O–H groups in total. The number of quaternary nitrogens is 1. The van der Waals surface area contributed by atoms with Gasteiger partial charge in [0.05, 0.1) is 21.1 Å². The number of nitrogens with zero attached hydrogens (tertiary/aromatic N) is 1. The largest absolute Gasteiger partial charge is 0.375 e. The lowest BCUT2D eigenvalue weighted by Crippen LogP contribution is -2.40. The smallest absolute Gasteiger partial charge is 0.187 e. The summed E-state index contributed by atoms with van der Waals surface area (Å²) in [6.07, 6.45) is 0. The zero-order valence-electron chi connectivity index (χ0n) is 7.26. The Hall–Kier alpha value is -0.390. The molecule has 4 nitrogen and oxygen atoms in total. The van der Waals surface area contributed by atoms with E-state index in [0.29, 0.717) is 6.61 Å². The van der Waals surface area contributed by atoms with Gasteiger partial charge in [-0.15, -0.1) is 0 Å². The van der Waals surface area contributed by atoms with Crippen molar-refractivity contribution in [2.24, 2.45) is 5.73 Å². The van der Waals surface area contributed by atoms with Crippen LogP contribution in [0.4, 0.5) is 0 Å². The van der Waals surface area contributed by atoms with Gasteiger partial charge in [0.1, 0.15) is 13.2 Å². The molecule has 0 aliphatic heterocycles. The van der Waals surface area contributed by atoms with Crippen molar-refractivity contribution in [1.82, 2.24) is 5.48 Å². The van der Waals surface area contributed by atoms with Crippen LogP contribution in [-0.4, -0.2) is 43.9 Å². The summed E-state index contributed by atoms with van der Waals surface area (Å²) >= 11 is 4.54. The van der Waals surface area contributed by atoms with Gasteiger partial charge in [-0.3, -0.25) is 4.84 Å². The molecule has 11 heavy (non-hydrogen) atoms. The van der Waals surface area contributed by atoms with Crippen LogP contribution in [0.2, 0.25) is 0 Å². The highest BCUT2D eigenvalue weighted by Gasteiger charge is 2.05. The van der Waals surface area contributed by atoms with Crippen LogP contribution in [0.25, 0.3) is 0 Å². The molecule has 66 valence electrons. The topological polar surface area (TPSA) is 47.3 Å². The van der Waals surface area contributed by atoms with Crippen molar-refractivity contribution in [3.8, 4) is 0 Å². The molecule has 0 heterocycles. The molecule has 0 aromatic carbocycles. The molecule has 0 aliphatic carbocycles. The summed E-state index contributed by atoms with van der Waals surface area (Å²) in [6.45, 7) is 1.51. The molecule has 0 atom stereocenters. The summed E-state index contributed by atoms with van der Waals surface area (Å²) in [5.74, 6) is 0. The van der Waals surface area contributed by atoms with Crippen molar-refractivity contribution in [2.75, 3.05) is 34.3 Å². The van der Waals surface area contributed by atoms with E-state index in [1.807, 2.05) is 0 Å². The second-order valence-corrected chi connectivity index (χ2v) is 3.77. The van der Waals surface area contributed by atoms with Crippen LogP contribution in [0.1, 0.15) is 0 Å². The van der Waals surface area contributed by atoms with E-state index in [9.17, 15) is 0 Å². The maximum atomic E-state index is 5.13. The fourth-order valence-electron chi connectivity index (χ4n) is 0.442. The fourth-order valence-corrected chi connectivity index (χ4v) is 0.501. The first-order valence-corrected chi connectivity index (χ1v) is 3.80. The van der Waals surface area contributed by atoms with Crippen LogP contribution in [0.3, 0.4) is 0 Å². The predicted molar refractivity (Wildman–Crippen MR) is 48.8 cm³/mol. The molecule has 0 bridgehead atoms. The normalized spacial score (nSPS) is 11.2. The van der Waals surface area contributed by atoms with Gasteiger partial charge >= 0.3 is 0 Å². The number of likely N-dealkylation sites (N-methyl/N-ethyl adjacent to an activating group) is 1. The number of rotatable bonds is 4. The monoisotopic (exact) mass is 178 g/mol. The van der Waals surface area contributed by atoms with E-state index in [1.54, 1.807) is 0 Å². The predicted octanol–water partition coefficient (Wildman–Crippen LogP) is -0.543. The van der Waals surface area contributed by atoms with Crippen molar-refractivity contribution in [3.05, 3.63) is 0 Å². The maximum Gasteiger partial charge on any atom is 0.187 e. The van der Waals surface area contributed by atoms with Crippen molar-refractivity contribution in [2.45, 2.75) is 0 Å². The van der Waals surface area contributed by atoms with Gasteiger partial charge < -0.3 is 10.2 Å². The molecular weight excluding hydrogens is 162 g/mol. The third-order valence-corrected chi connectivity index (χ3v) is 1.12. The summed E-state index contributed by atoms with van der Waals surface area (Å²) in [5.41, 5.74) is 7.55. The lowest BCUT2D eigenvalue weighted by molar-refractivity contribution is -0.870. The number of nitrogens with two attached hydrogens (primary N) is 1. The lowest BCUT2D eigenvalue weighted by atomic mass is 10.5. The number of thiocarbonyl (C=S) groups is 1. The third kappa shape index (κ3) is 9.61. The third-order valence-electron chi connectivity index (χ3n) is 1.04. The zero-order valence-corrected chi connectivity index (χ0v) is 8.07. The van der Waals surface area contributed by atoms with Crippen LogP contribution in [0.15, 0.2) is 0 Å². The average Bonchev–Trinajstić information content (AvgIpc) is 1.78. The average molecular weight is 178 g/mol. The summed E-state index contributed by atoms with van der Waals surface area (Å²) in [6, 6.07) is 0. The standard InChI is InChI=1S/C6H15N3OS/c1-9(2,3)4-5-10-8-6(7)11/h4-5H2,1-3H3,(H2-,7,8,11)/p+1. The summed E-state index contributed by atoms with van der Waals surface area (Å²) in [5, 5.41) is 0.173. The Kier molecular flexibility index (Phi) is 4.32. The Bertz CT molecular complexity index is 132. The second kappa shape index (κ2) is 4.48. The van der Waals surface area contributed by atoms with Gasteiger partial charge in [0.25, 0.3) is 0 Å². The molecule has 0 spiro atoms. The fraction of sp³-hybridized carbons (Fsp3) is 0.833. The number of nitrogens with one attached hydrogen (secondary N) is 1. The Labute approximate surface area is 72.8 Å². The highest BCUT2D eigenvalue weighted by atomic mass is 32.1. The lowest BCUT2D eigenvalue weighted by Gasteiger charge is -2.23. The maximum absolute atomic E-state index is 5.13. The summed E-state index contributed by atoms with van der Waals surface area (Å²) < 4.78 is 0.860. The van der Waals surface area contributed by atoms with E-state index in [-0.39, 0.29) is 5.11 Å². The van der Waals surface area contributed by atoms with Crippen molar-refractivity contribution < 1.29 is 9.32 Å². The minimum atomic E-state index is 0.173. The first kappa shape index (κ1) is 10.6. The highest BCUT2D eigenvalue weighted by molar-refractivity contribution is 7.80. The van der Waals surface area contributed by atoms with E-state index in [0.717, 1.165) is 11.0 Å². The molecule has 0 aromatic heterocycles. The summed E-state index contributed by atoms with van der Waals surface area (Å²) in [4.78, 5) is 4.94. The van der Waals surface area contributed by atoms with Crippen molar-refractivity contribution >= 4 is 17.3 Å². The van der Waals surface area contributed by atoms with E-state index in [1.165, 1.54) is 0 Å². The van der Waals surface area contributed by atoms with Gasteiger partial charge in [-0.25, -0.2) is 5.48 Å². The molecule has 5 heteroatoms. The van der Waals surface area contributed by atoms with Crippen LogP contribution in [0.5, 0.6) is 0 Å². The zero-order chi connectivity index (χ0) is 8.91. The van der Waals surface area contributed by atoms with Gasteiger partial charge in [0.15, 0.2) is 5.11 Å². The molecule has 0 saturated heterocycles. The van der Waals surface area contributed by atoms with Crippen LogP contribution < -0.4 is 11.2 Å². The first-order valence-electron chi connectivity index (χ1n) is 3.39. The van der Waals surface area contributed by atoms with Crippen molar-refractivity contribution in [1.29, 1.82) is 0 Å². The minimum Gasteiger partial charge on any atom is -0.375 e. The molecule has 0 saturated carbocycles. The molecular formula is C6H16N3OS+. The minimum absolute atomic E-state index is 0.173. The Morgan fingerprint density at radius 1 is 1.55 bits per heavy atom. The molecule has 0 unspecified atom stereocenters. The Morgan fingerprint density at radius 2 is 2.09 bits per heavy atom. The van der Waals surface area contributed by atoms with Crippen molar-refractivity contribution in [3.63, 3.8) is 0 Å². The van der Waals surface area contributed by atoms with Crippen LogP contribution in [-0.2, 0) is 4.84 Å². The number of hydrogen-bond donors (Lipinski definition) is 2. The first-order chi connectivity index (χ1) is 4.92. The summed E-state index contributed by atoms with van der Waals surface area (Å²) in [7, 11) is 6.26. The van der Waals surface area contributed by atoms with Gasteiger partial charge in [0, 0.05) is 0 Å². The molecule has 0 fully saturated rings. The Morgan fingerprint density at radius 3 is 2.45 bits per heavy atom. The second-order valence-electron chi connectivity index (χ2n) is 3.33. The number of hydroxylamine groups is 1. The Balaban J connectivity index is 3.22. The van der Waals surface area contributed by atoms with E-state index < -0.39 is 0 Å². The highest BCUT2D eigenvalue weighted by Crippen LogP contribution is 1.87. The molecule has 0 aliphatic rings. The van der Waals surface area contributed by atoms with Crippen LogP contribution in [0, 0.1) is 0 Å². The molecule has 0 radical (unpaired) electrons. The SMILES string of the molecule is C[N+](C)(C)CCONC(N)=S.